The highest BCUT2D eigenvalue weighted by atomic mass is 16.3. The summed E-state index contributed by atoms with van der Waals surface area (Å²) in [5, 5.41) is 9.20. The fourth-order valence-electron chi connectivity index (χ4n) is 10.1. The molecule has 298 valence electrons. The number of furan rings is 1. The topological polar surface area (TPSA) is 66.6 Å². The second-order valence-corrected chi connectivity index (χ2v) is 16.4. The van der Waals surface area contributed by atoms with Crippen molar-refractivity contribution in [3.63, 3.8) is 0 Å². The molecule has 0 bridgehead atoms. The molecule has 0 saturated heterocycles. The van der Waals surface area contributed by atoms with Gasteiger partial charge >= 0.3 is 0 Å². The molecule has 0 N–H and O–H groups in total. The molecule has 14 rings (SSSR count). The minimum absolute atomic E-state index is 0.558. The molecule has 0 saturated carbocycles. The Labute approximate surface area is 365 Å². The molecule has 5 heterocycles. The van der Waals surface area contributed by atoms with Crippen LogP contribution in [0.3, 0.4) is 0 Å². The number of hydrogen-bond acceptors (Lipinski definition) is 4. The van der Waals surface area contributed by atoms with E-state index in [1.807, 2.05) is 30.3 Å². The number of aromatic nitrogens is 6. The lowest BCUT2D eigenvalue weighted by Gasteiger charge is -2.12. The SMILES string of the molecule is c1ccc(-c2nc(-c3ccc4c(c3)oc3ccc(-n5c6ccccc6c6ccc7c8ccccc8n(-c8ccccc8)c7c65)cc34)nc(-n3c4ccccc4c4ccccc43)n2)cc1. The van der Waals surface area contributed by atoms with E-state index in [-0.39, 0.29) is 0 Å². The molecule has 0 fully saturated rings. The second-order valence-electron chi connectivity index (χ2n) is 16.4. The summed E-state index contributed by atoms with van der Waals surface area (Å²) in [6, 6.07) is 72.6. The zero-order chi connectivity index (χ0) is 41.9. The molecule has 0 aliphatic carbocycles. The van der Waals surface area contributed by atoms with E-state index >= 15 is 0 Å². The molecule has 0 radical (unpaired) electrons. The number of para-hydroxylation sites is 5. The monoisotopic (exact) mass is 818 g/mol. The molecule has 7 heteroatoms. The molecule has 9 aromatic carbocycles. The van der Waals surface area contributed by atoms with Crippen LogP contribution in [0.4, 0.5) is 0 Å². The van der Waals surface area contributed by atoms with Gasteiger partial charge < -0.3 is 13.6 Å². The molecule has 5 aromatic heterocycles. The van der Waals surface area contributed by atoms with Crippen molar-refractivity contribution in [2.45, 2.75) is 0 Å². The molecule has 0 aliphatic rings. The van der Waals surface area contributed by atoms with E-state index in [9.17, 15) is 0 Å². The lowest BCUT2D eigenvalue weighted by atomic mass is 10.1. The molecule has 14 aromatic rings. The van der Waals surface area contributed by atoms with Crippen molar-refractivity contribution in [1.82, 2.24) is 28.7 Å². The number of hydrogen-bond donors (Lipinski definition) is 0. The lowest BCUT2D eigenvalue weighted by Crippen LogP contribution is -2.06. The van der Waals surface area contributed by atoms with Gasteiger partial charge in [-0.05, 0) is 66.7 Å². The first-order valence-corrected chi connectivity index (χ1v) is 21.5. The first-order valence-electron chi connectivity index (χ1n) is 21.5. The predicted molar refractivity (Wildman–Crippen MR) is 261 cm³/mol. The van der Waals surface area contributed by atoms with Crippen LogP contribution in [0.2, 0.25) is 0 Å². The van der Waals surface area contributed by atoms with Crippen molar-refractivity contribution >= 4 is 87.4 Å². The standard InChI is InChI=1S/C57H34N6O/c1-3-15-35(16-4-1)55-58-56(60-57(59-55)63-49-25-13-7-19-39(49)40-20-8-14-26-50(40)63)36-27-29-43-46-34-38(28-32-51(46)64-52(43)33-36)62-48-24-12-10-22-42(48)45-31-30-44-41-21-9-11-23-47(41)61(53(44)54(45)62)37-17-5-2-6-18-37/h1-34H. The molecule has 0 unspecified atom stereocenters. The van der Waals surface area contributed by atoms with Gasteiger partial charge in [-0.15, -0.1) is 0 Å². The lowest BCUT2D eigenvalue weighted by molar-refractivity contribution is 0.669. The van der Waals surface area contributed by atoms with Crippen LogP contribution in [0.1, 0.15) is 0 Å². The summed E-state index contributed by atoms with van der Waals surface area (Å²) >= 11 is 0. The fraction of sp³-hybridized carbons (Fsp3) is 0. The normalized spacial score (nSPS) is 12.1. The van der Waals surface area contributed by atoms with Crippen LogP contribution in [0.25, 0.3) is 127 Å². The minimum Gasteiger partial charge on any atom is -0.456 e. The van der Waals surface area contributed by atoms with Crippen LogP contribution < -0.4 is 0 Å². The molecular formula is C57H34N6O. The van der Waals surface area contributed by atoms with Gasteiger partial charge in [-0.2, -0.15) is 9.97 Å². The fourth-order valence-corrected chi connectivity index (χ4v) is 10.1. The van der Waals surface area contributed by atoms with Crippen LogP contribution >= 0.6 is 0 Å². The highest BCUT2D eigenvalue weighted by Crippen LogP contribution is 2.43. The average molecular weight is 819 g/mol. The largest absolute Gasteiger partial charge is 0.456 e. The van der Waals surface area contributed by atoms with E-state index in [4.69, 9.17) is 19.4 Å². The maximum atomic E-state index is 6.69. The Morgan fingerprint density at radius 2 is 0.781 bits per heavy atom. The number of rotatable bonds is 5. The summed E-state index contributed by atoms with van der Waals surface area (Å²) in [5.41, 5.74) is 12.2. The van der Waals surface area contributed by atoms with Gasteiger partial charge in [-0.25, -0.2) is 4.98 Å². The Morgan fingerprint density at radius 3 is 1.39 bits per heavy atom. The predicted octanol–water partition coefficient (Wildman–Crippen LogP) is 14.4. The first kappa shape index (κ1) is 34.9. The third-order valence-electron chi connectivity index (χ3n) is 12.9. The third kappa shape index (κ3) is 5.00. The zero-order valence-electron chi connectivity index (χ0n) is 34.2. The third-order valence-corrected chi connectivity index (χ3v) is 12.9. The number of fused-ring (bicyclic) bond motifs is 13. The maximum Gasteiger partial charge on any atom is 0.238 e. The summed E-state index contributed by atoms with van der Waals surface area (Å²) in [5.74, 6) is 1.72. The Bertz CT molecular complexity index is 4140. The number of benzene rings is 9. The van der Waals surface area contributed by atoms with Crippen molar-refractivity contribution in [2.75, 3.05) is 0 Å². The maximum absolute atomic E-state index is 6.69. The van der Waals surface area contributed by atoms with Crippen molar-refractivity contribution in [1.29, 1.82) is 0 Å². The zero-order valence-corrected chi connectivity index (χ0v) is 34.2. The van der Waals surface area contributed by atoms with E-state index in [1.165, 1.54) is 32.6 Å². The quantitative estimate of drug-likeness (QED) is 0.173. The molecular weight excluding hydrogens is 785 g/mol. The molecule has 7 nitrogen and oxygen atoms in total. The molecule has 0 atom stereocenters. The highest BCUT2D eigenvalue weighted by molar-refractivity contribution is 6.24. The molecule has 0 amide bonds. The highest BCUT2D eigenvalue weighted by Gasteiger charge is 2.23. The Hall–Kier alpha value is -8.81. The van der Waals surface area contributed by atoms with E-state index in [0.29, 0.717) is 17.6 Å². The van der Waals surface area contributed by atoms with Crippen molar-refractivity contribution < 1.29 is 4.42 Å². The van der Waals surface area contributed by atoms with E-state index in [1.54, 1.807) is 0 Å². The Balaban J connectivity index is 0.975. The van der Waals surface area contributed by atoms with Crippen LogP contribution in [-0.4, -0.2) is 28.7 Å². The van der Waals surface area contributed by atoms with Crippen LogP contribution in [-0.2, 0) is 0 Å². The van der Waals surface area contributed by atoms with E-state index in [0.717, 1.165) is 77.3 Å². The average Bonchev–Trinajstić information content (AvgIpc) is 4.10. The van der Waals surface area contributed by atoms with Crippen molar-refractivity contribution in [2.24, 2.45) is 0 Å². The summed E-state index contributed by atoms with van der Waals surface area (Å²) in [6.45, 7) is 0. The first-order chi connectivity index (χ1) is 31.7. The van der Waals surface area contributed by atoms with Gasteiger partial charge in [0.15, 0.2) is 11.6 Å². The van der Waals surface area contributed by atoms with Crippen LogP contribution in [0.15, 0.2) is 211 Å². The number of nitrogens with zero attached hydrogens (tertiary/aromatic N) is 6. The van der Waals surface area contributed by atoms with Crippen LogP contribution in [0, 0.1) is 0 Å². The molecule has 64 heavy (non-hydrogen) atoms. The molecule has 0 aliphatic heterocycles. The summed E-state index contributed by atoms with van der Waals surface area (Å²) in [6.07, 6.45) is 0. The Morgan fingerprint density at radius 1 is 0.297 bits per heavy atom. The van der Waals surface area contributed by atoms with E-state index < -0.39 is 0 Å². The Kier molecular flexibility index (Phi) is 7.27. The minimum atomic E-state index is 0.558. The van der Waals surface area contributed by atoms with Gasteiger partial charge in [0.2, 0.25) is 5.95 Å². The van der Waals surface area contributed by atoms with Gasteiger partial charge in [0.05, 0.1) is 33.1 Å². The van der Waals surface area contributed by atoms with Gasteiger partial charge in [0, 0.05) is 65.6 Å². The summed E-state index contributed by atoms with van der Waals surface area (Å²) in [4.78, 5) is 15.4. The van der Waals surface area contributed by atoms with Crippen molar-refractivity contribution in [3.05, 3.63) is 206 Å². The van der Waals surface area contributed by atoms with Gasteiger partial charge in [0.1, 0.15) is 11.2 Å². The second kappa shape index (κ2) is 13.3. The van der Waals surface area contributed by atoms with Gasteiger partial charge in [-0.3, -0.25) is 4.57 Å². The van der Waals surface area contributed by atoms with Gasteiger partial charge in [0.25, 0.3) is 0 Å². The van der Waals surface area contributed by atoms with E-state index in [2.05, 4.69) is 190 Å². The summed E-state index contributed by atoms with van der Waals surface area (Å²) < 4.78 is 13.7. The summed E-state index contributed by atoms with van der Waals surface area (Å²) in [7, 11) is 0. The molecule has 0 spiro atoms. The van der Waals surface area contributed by atoms with Crippen molar-refractivity contribution in [3.8, 4) is 40.1 Å². The van der Waals surface area contributed by atoms with Crippen LogP contribution in [0.5, 0.6) is 0 Å². The van der Waals surface area contributed by atoms with Gasteiger partial charge in [-0.1, -0.05) is 140 Å². The smallest absolute Gasteiger partial charge is 0.238 e.